The topological polar surface area (TPSA) is 22.1 Å². The van der Waals surface area contributed by atoms with E-state index in [1.807, 2.05) is 17.6 Å². The molecule has 2 nitrogen and oxygen atoms in total. The number of rotatable bonds is 1. The van der Waals surface area contributed by atoms with Gasteiger partial charge in [-0.3, -0.25) is 0 Å². The summed E-state index contributed by atoms with van der Waals surface area (Å²) in [6.07, 6.45) is 0. The van der Waals surface area contributed by atoms with E-state index in [2.05, 4.69) is 20.9 Å². The first-order valence-corrected chi connectivity index (χ1v) is 5.05. The summed E-state index contributed by atoms with van der Waals surface area (Å²) in [7, 11) is 1.65. The van der Waals surface area contributed by atoms with Gasteiger partial charge in [-0.2, -0.15) is 0 Å². The third-order valence-corrected chi connectivity index (χ3v) is 3.36. The summed E-state index contributed by atoms with van der Waals surface area (Å²) in [6.45, 7) is 0. The van der Waals surface area contributed by atoms with Crippen LogP contribution in [0.15, 0.2) is 22.1 Å². The Morgan fingerprint density at radius 2 is 2.33 bits per heavy atom. The number of hydrogen-bond donors (Lipinski definition) is 0. The number of nitrogens with zero attached hydrogens (tertiary/aromatic N) is 1. The molecule has 0 bridgehead atoms. The summed E-state index contributed by atoms with van der Waals surface area (Å²) < 4.78 is 7.31. The Kier molecular flexibility index (Phi) is 2.02. The van der Waals surface area contributed by atoms with E-state index in [0.29, 0.717) is 0 Å². The van der Waals surface area contributed by atoms with Gasteiger partial charge in [0.25, 0.3) is 0 Å². The van der Waals surface area contributed by atoms with Crippen LogP contribution in [0.4, 0.5) is 0 Å². The molecule has 0 aliphatic rings. The summed E-state index contributed by atoms with van der Waals surface area (Å²) in [5.41, 5.74) is 2.81. The van der Waals surface area contributed by atoms with E-state index < -0.39 is 0 Å². The van der Waals surface area contributed by atoms with Gasteiger partial charge in [-0.05, 0) is 22.0 Å². The van der Waals surface area contributed by atoms with Gasteiger partial charge in [0.15, 0.2) is 0 Å². The van der Waals surface area contributed by atoms with E-state index in [1.165, 1.54) is 0 Å². The summed E-state index contributed by atoms with van der Waals surface area (Å²) >= 11 is 5.08. The lowest BCUT2D eigenvalue weighted by molar-refractivity contribution is 0.415. The molecular formula is C8H6BrNOS. The van der Waals surface area contributed by atoms with Crippen LogP contribution in [0.2, 0.25) is 0 Å². The molecule has 0 atom stereocenters. The van der Waals surface area contributed by atoms with Crippen molar-refractivity contribution in [2.24, 2.45) is 0 Å². The minimum atomic E-state index is 0.834. The Bertz CT molecular complexity index is 412. The SMILES string of the molecule is COc1cc(Br)c2scnc2c1. The molecule has 0 N–H and O–H groups in total. The molecule has 4 heteroatoms. The van der Waals surface area contributed by atoms with Crippen molar-refractivity contribution < 1.29 is 4.74 Å². The van der Waals surface area contributed by atoms with Crippen LogP contribution in [0, 0.1) is 0 Å². The smallest absolute Gasteiger partial charge is 0.122 e. The third-order valence-electron chi connectivity index (χ3n) is 1.60. The van der Waals surface area contributed by atoms with E-state index in [0.717, 1.165) is 20.4 Å². The van der Waals surface area contributed by atoms with E-state index in [1.54, 1.807) is 18.4 Å². The van der Waals surface area contributed by atoms with Crippen molar-refractivity contribution in [3.05, 3.63) is 22.1 Å². The van der Waals surface area contributed by atoms with Crippen molar-refractivity contribution in [2.45, 2.75) is 0 Å². The van der Waals surface area contributed by atoms with Gasteiger partial charge in [0, 0.05) is 10.5 Å². The molecule has 2 aromatic rings. The first kappa shape index (κ1) is 8.01. The Balaban J connectivity index is 2.75. The van der Waals surface area contributed by atoms with Crippen molar-refractivity contribution in [3.8, 4) is 5.75 Å². The summed E-state index contributed by atoms with van der Waals surface area (Å²) in [4.78, 5) is 4.20. The van der Waals surface area contributed by atoms with Crippen molar-refractivity contribution in [3.63, 3.8) is 0 Å². The lowest BCUT2D eigenvalue weighted by Crippen LogP contribution is -1.82. The van der Waals surface area contributed by atoms with Crippen molar-refractivity contribution in [1.82, 2.24) is 4.98 Å². The van der Waals surface area contributed by atoms with Gasteiger partial charge in [-0.25, -0.2) is 4.98 Å². The van der Waals surface area contributed by atoms with Gasteiger partial charge in [0.2, 0.25) is 0 Å². The third kappa shape index (κ3) is 1.21. The standard InChI is InChI=1S/C8H6BrNOS/c1-11-5-2-6(9)8-7(3-5)10-4-12-8/h2-4H,1H3. The molecule has 0 unspecified atom stereocenters. The van der Waals surface area contributed by atoms with Crippen LogP contribution in [-0.4, -0.2) is 12.1 Å². The molecule has 1 aromatic carbocycles. The summed E-state index contributed by atoms with van der Waals surface area (Å²) in [5.74, 6) is 0.834. The zero-order valence-corrected chi connectivity index (χ0v) is 8.78. The summed E-state index contributed by atoms with van der Waals surface area (Å²) in [5, 5.41) is 0. The van der Waals surface area contributed by atoms with Crippen LogP contribution < -0.4 is 4.74 Å². The quantitative estimate of drug-likeness (QED) is 0.769. The van der Waals surface area contributed by atoms with Gasteiger partial charge in [-0.15, -0.1) is 11.3 Å². The molecule has 1 aromatic heterocycles. The van der Waals surface area contributed by atoms with Gasteiger partial charge >= 0.3 is 0 Å². The monoisotopic (exact) mass is 243 g/mol. The van der Waals surface area contributed by atoms with Crippen LogP contribution >= 0.6 is 27.3 Å². The van der Waals surface area contributed by atoms with E-state index in [4.69, 9.17) is 4.74 Å². The van der Waals surface area contributed by atoms with Crippen LogP contribution in [0.3, 0.4) is 0 Å². The average Bonchev–Trinajstić information content (AvgIpc) is 2.52. The second kappa shape index (κ2) is 3.03. The molecular weight excluding hydrogens is 238 g/mol. The number of benzene rings is 1. The van der Waals surface area contributed by atoms with Gasteiger partial charge in [0.05, 0.1) is 22.8 Å². The summed E-state index contributed by atoms with van der Waals surface area (Å²) in [6, 6.07) is 3.87. The maximum Gasteiger partial charge on any atom is 0.122 e. The number of ether oxygens (including phenoxy) is 1. The normalized spacial score (nSPS) is 10.5. The highest BCUT2D eigenvalue weighted by atomic mass is 79.9. The van der Waals surface area contributed by atoms with Gasteiger partial charge in [0.1, 0.15) is 5.75 Å². The Hall–Kier alpha value is -0.610. The fraction of sp³-hybridized carbons (Fsp3) is 0.125. The molecule has 12 heavy (non-hydrogen) atoms. The molecule has 0 amide bonds. The fourth-order valence-corrected chi connectivity index (χ4v) is 2.41. The van der Waals surface area contributed by atoms with Gasteiger partial charge < -0.3 is 4.74 Å². The molecule has 0 aliphatic heterocycles. The lowest BCUT2D eigenvalue weighted by Gasteiger charge is -1.99. The van der Waals surface area contributed by atoms with E-state index in [-0.39, 0.29) is 0 Å². The van der Waals surface area contributed by atoms with Crippen LogP contribution in [0.5, 0.6) is 5.75 Å². The predicted molar refractivity (Wildman–Crippen MR) is 53.9 cm³/mol. The second-order valence-electron chi connectivity index (χ2n) is 2.31. The number of thiazole rings is 1. The number of aromatic nitrogens is 1. The van der Waals surface area contributed by atoms with Crippen LogP contribution in [0.25, 0.3) is 10.2 Å². The molecule has 2 rings (SSSR count). The predicted octanol–water partition coefficient (Wildman–Crippen LogP) is 3.07. The highest BCUT2D eigenvalue weighted by molar-refractivity contribution is 9.10. The maximum atomic E-state index is 5.11. The lowest BCUT2D eigenvalue weighted by atomic mass is 10.3. The van der Waals surface area contributed by atoms with Crippen LogP contribution in [-0.2, 0) is 0 Å². The zero-order chi connectivity index (χ0) is 8.55. The largest absolute Gasteiger partial charge is 0.497 e. The molecule has 0 spiro atoms. The van der Waals surface area contributed by atoms with Crippen molar-refractivity contribution in [1.29, 1.82) is 0 Å². The van der Waals surface area contributed by atoms with E-state index in [9.17, 15) is 0 Å². The fourth-order valence-electron chi connectivity index (χ4n) is 1.02. The number of methoxy groups -OCH3 is 1. The molecule has 0 aliphatic carbocycles. The van der Waals surface area contributed by atoms with E-state index >= 15 is 0 Å². The highest BCUT2D eigenvalue weighted by Gasteiger charge is 2.03. The maximum absolute atomic E-state index is 5.11. The van der Waals surface area contributed by atoms with Crippen molar-refractivity contribution in [2.75, 3.05) is 7.11 Å². The first-order valence-electron chi connectivity index (χ1n) is 3.38. The highest BCUT2D eigenvalue weighted by Crippen LogP contribution is 2.31. The van der Waals surface area contributed by atoms with Crippen molar-refractivity contribution >= 4 is 37.5 Å². The number of fused-ring (bicyclic) bond motifs is 1. The Labute approximate surface area is 82.3 Å². The Morgan fingerprint density at radius 3 is 3.08 bits per heavy atom. The Morgan fingerprint density at radius 1 is 1.50 bits per heavy atom. The molecule has 0 fully saturated rings. The van der Waals surface area contributed by atoms with Gasteiger partial charge in [-0.1, -0.05) is 0 Å². The average molecular weight is 244 g/mol. The minimum absolute atomic E-state index is 0.834. The molecule has 0 saturated carbocycles. The second-order valence-corrected chi connectivity index (χ2v) is 4.02. The number of halogens is 1. The number of hydrogen-bond acceptors (Lipinski definition) is 3. The molecule has 1 heterocycles. The molecule has 0 saturated heterocycles. The van der Waals surface area contributed by atoms with Crippen LogP contribution in [0.1, 0.15) is 0 Å². The molecule has 0 radical (unpaired) electrons. The first-order chi connectivity index (χ1) is 5.81. The minimum Gasteiger partial charge on any atom is -0.497 e. The molecule has 62 valence electrons. The zero-order valence-electron chi connectivity index (χ0n) is 6.37.